The molecule has 0 saturated carbocycles. The highest BCUT2D eigenvalue weighted by molar-refractivity contribution is 5.84. The van der Waals surface area contributed by atoms with E-state index in [4.69, 9.17) is 5.73 Å². The summed E-state index contributed by atoms with van der Waals surface area (Å²) in [6.07, 6.45) is 1.60. The van der Waals surface area contributed by atoms with Crippen LogP contribution in [0.4, 0.5) is 0 Å². The van der Waals surface area contributed by atoms with Gasteiger partial charge in [-0.15, -0.1) is 0 Å². The normalized spacial score (nSPS) is 13.9. The molecule has 0 radical (unpaired) electrons. The molecule has 4 heteroatoms. The summed E-state index contributed by atoms with van der Waals surface area (Å²) >= 11 is 0. The van der Waals surface area contributed by atoms with Crippen LogP contribution in [0.5, 0.6) is 0 Å². The van der Waals surface area contributed by atoms with Crippen molar-refractivity contribution in [1.82, 2.24) is 10.3 Å². The summed E-state index contributed by atoms with van der Waals surface area (Å²) in [6, 6.07) is 8.31. The molecule has 1 unspecified atom stereocenters. The number of aromatic nitrogens is 1. The monoisotopic (exact) mass is 261 g/mol. The fourth-order valence-electron chi connectivity index (χ4n) is 2.36. The van der Waals surface area contributed by atoms with Gasteiger partial charge in [0.1, 0.15) is 0 Å². The molecule has 1 atom stereocenters. The number of aromatic amines is 1. The predicted octanol–water partition coefficient (Wildman–Crippen LogP) is 1.35. The maximum Gasteiger partial charge on any atom is 0.0786 e. The van der Waals surface area contributed by atoms with E-state index in [9.17, 15) is 5.11 Å². The summed E-state index contributed by atoms with van der Waals surface area (Å²) in [5, 5.41) is 14.0. The molecule has 1 aromatic heterocycles. The average Bonchev–Trinajstić information content (AvgIpc) is 2.82. The maximum atomic E-state index is 9.46. The summed E-state index contributed by atoms with van der Waals surface area (Å²) in [6.45, 7) is 6.02. The highest BCUT2D eigenvalue weighted by atomic mass is 16.3. The van der Waals surface area contributed by atoms with Crippen LogP contribution in [0.3, 0.4) is 0 Å². The van der Waals surface area contributed by atoms with E-state index in [1.165, 1.54) is 10.9 Å². The van der Waals surface area contributed by atoms with Gasteiger partial charge in [0, 0.05) is 42.1 Å². The lowest BCUT2D eigenvalue weighted by atomic mass is 9.84. The summed E-state index contributed by atoms with van der Waals surface area (Å²) in [7, 11) is 0. The van der Waals surface area contributed by atoms with Gasteiger partial charge in [0.05, 0.1) is 6.10 Å². The lowest BCUT2D eigenvalue weighted by molar-refractivity contribution is 0.177. The molecule has 4 nitrogen and oxygen atoms in total. The van der Waals surface area contributed by atoms with Crippen molar-refractivity contribution in [2.24, 2.45) is 5.73 Å². The molecule has 0 aliphatic rings. The third-order valence-corrected chi connectivity index (χ3v) is 3.54. The Labute approximate surface area is 114 Å². The summed E-state index contributed by atoms with van der Waals surface area (Å²) in [4.78, 5) is 3.31. The van der Waals surface area contributed by atoms with Crippen molar-refractivity contribution in [3.05, 3.63) is 36.0 Å². The number of para-hydroxylation sites is 1. The molecule has 1 heterocycles. The Kier molecular flexibility index (Phi) is 4.24. The third kappa shape index (κ3) is 3.15. The van der Waals surface area contributed by atoms with Crippen LogP contribution in [0.1, 0.15) is 19.4 Å². The largest absolute Gasteiger partial charge is 0.390 e. The Hall–Kier alpha value is -1.36. The third-order valence-electron chi connectivity index (χ3n) is 3.54. The average molecular weight is 261 g/mol. The molecular formula is C15H23N3O. The van der Waals surface area contributed by atoms with Crippen molar-refractivity contribution in [3.8, 4) is 0 Å². The minimum Gasteiger partial charge on any atom is -0.390 e. The first kappa shape index (κ1) is 14.1. The van der Waals surface area contributed by atoms with Crippen LogP contribution < -0.4 is 11.1 Å². The minimum absolute atomic E-state index is 0.00603. The van der Waals surface area contributed by atoms with E-state index in [1.54, 1.807) is 0 Å². The van der Waals surface area contributed by atoms with Crippen molar-refractivity contribution in [1.29, 1.82) is 0 Å². The Morgan fingerprint density at radius 3 is 2.84 bits per heavy atom. The number of nitrogens with two attached hydrogens (primary N) is 1. The van der Waals surface area contributed by atoms with Crippen molar-refractivity contribution in [3.63, 3.8) is 0 Å². The van der Waals surface area contributed by atoms with Crippen LogP contribution in [-0.4, -0.2) is 35.8 Å². The number of fused-ring (bicyclic) bond motifs is 1. The molecule has 0 aliphatic heterocycles. The number of H-pyrrole nitrogens is 1. The first-order chi connectivity index (χ1) is 9.04. The molecule has 2 aromatic rings. The molecule has 5 N–H and O–H groups in total. The Morgan fingerprint density at radius 1 is 1.37 bits per heavy atom. The predicted molar refractivity (Wildman–Crippen MR) is 79.3 cm³/mol. The lowest BCUT2D eigenvalue weighted by Gasteiger charge is -2.25. The molecule has 19 heavy (non-hydrogen) atoms. The van der Waals surface area contributed by atoms with Crippen LogP contribution in [0.2, 0.25) is 0 Å². The standard InChI is InChI=1S/C15H23N3O/c1-15(2,10-17-8-11(19)7-16)13-9-18-14-6-4-3-5-12(13)14/h3-6,9,11,17-19H,7-8,10,16H2,1-2H3. The molecule has 0 bridgehead atoms. The second kappa shape index (κ2) is 5.74. The summed E-state index contributed by atoms with van der Waals surface area (Å²) in [5.41, 5.74) is 7.84. The zero-order valence-electron chi connectivity index (χ0n) is 11.6. The number of hydrogen-bond acceptors (Lipinski definition) is 3. The molecule has 1 aromatic carbocycles. The molecular weight excluding hydrogens is 238 g/mol. The number of benzene rings is 1. The number of nitrogens with one attached hydrogen (secondary N) is 2. The van der Waals surface area contributed by atoms with Crippen LogP contribution in [-0.2, 0) is 5.41 Å². The van der Waals surface area contributed by atoms with E-state index in [0.29, 0.717) is 13.1 Å². The Morgan fingerprint density at radius 2 is 2.11 bits per heavy atom. The van der Waals surface area contributed by atoms with E-state index in [0.717, 1.165) is 12.1 Å². The molecule has 0 saturated heterocycles. The lowest BCUT2D eigenvalue weighted by Crippen LogP contribution is -2.39. The topological polar surface area (TPSA) is 74.1 Å². The quantitative estimate of drug-likeness (QED) is 0.634. The Bertz CT molecular complexity index is 533. The second-order valence-electron chi connectivity index (χ2n) is 5.65. The fraction of sp³-hybridized carbons (Fsp3) is 0.467. The maximum absolute atomic E-state index is 9.46. The number of aliphatic hydroxyl groups is 1. The second-order valence-corrected chi connectivity index (χ2v) is 5.65. The zero-order chi connectivity index (χ0) is 13.9. The van der Waals surface area contributed by atoms with Gasteiger partial charge in [0.2, 0.25) is 0 Å². The van der Waals surface area contributed by atoms with E-state index in [1.807, 2.05) is 6.07 Å². The first-order valence-electron chi connectivity index (χ1n) is 6.70. The van der Waals surface area contributed by atoms with Gasteiger partial charge in [-0.1, -0.05) is 32.0 Å². The Balaban J connectivity index is 2.10. The van der Waals surface area contributed by atoms with Crippen molar-refractivity contribution in [2.75, 3.05) is 19.6 Å². The minimum atomic E-state index is -0.473. The molecule has 0 spiro atoms. The van der Waals surface area contributed by atoms with Crippen LogP contribution in [0.25, 0.3) is 10.9 Å². The van der Waals surface area contributed by atoms with Crippen molar-refractivity contribution >= 4 is 10.9 Å². The highest BCUT2D eigenvalue weighted by Crippen LogP contribution is 2.29. The van der Waals surface area contributed by atoms with Crippen LogP contribution >= 0.6 is 0 Å². The molecule has 0 amide bonds. The number of aliphatic hydroxyl groups excluding tert-OH is 1. The van der Waals surface area contributed by atoms with Gasteiger partial charge in [-0.2, -0.15) is 0 Å². The van der Waals surface area contributed by atoms with E-state index < -0.39 is 6.10 Å². The smallest absolute Gasteiger partial charge is 0.0786 e. The zero-order valence-corrected chi connectivity index (χ0v) is 11.6. The fourth-order valence-corrected chi connectivity index (χ4v) is 2.36. The van der Waals surface area contributed by atoms with Gasteiger partial charge < -0.3 is 21.1 Å². The molecule has 104 valence electrons. The van der Waals surface area contributed by atoms with Gasteiger partial charge in [-0.25, -0.2) is 0 Å². The van der Waals surface area contributed by atoms with Crippen molar-refractivity contribution < 1.29 is 5.11 Å². The van der Waals surface area contributed by atoms with Gasteiger partial charge in [0.25, 0.3) is 0 Å². The molecule has 2 rings (SSSR count). The first-order valence-corrected chi connectivity index (χ1v) is 6.70. The van der Waals surface area contributed by atoms with E-state index in [-0.39, 0.29) is 5.41 Å². The van der Waals surface area contributed by atoms with E-state index in [2.05, 4.69) is 48.5 Å². The molecule has 0 fully saturated rings. The molecule has 0 aliphatic carbocycles. The summed E-state index contributed by atoms with van der Waals surface area (Å²) in [5.74, 6) is 0. The van der Waals surface area contributed by atoms with E-state index >= 15 is 0 Å². The van der Waals surface area contributed by atoms with Gasteiger partial charge in [-0.3, -0.25) is 0 Å². The van der Waals surface area contributed by atoms with Crippen molar-refractivity contribution in [2.45, 2.75) is 25.4 Å². The van der Waals surface area contributed by atoms with Crippen LogP contribution in [0.15, 0.2) is 30.5 Å². The van der Waals surface area contributed by atoms with Gasteiger partial charge in [0.15, 0.2) is 0 Å². The summed E-state index contributed by atoms with van der Waals surface area (Å²) < 4.78 is 0. The highest BCUT2D eigenvalue weighted by Gasteiger charge is 2.23. The number of hydrogen-bond donors (Lipinski definition) is 4. The number of rotatable bonds is 6. The van der Waals surface area contributed by atoms with Gasteiger partial charge in [-0.05, 0) is 11.6 Å². The van der Waals surface area contributed by atoms with Crippen LogP contribution in [0, 0.1) is 0 Å². The van der Waals surface area contributed by atoms with Gasteiger partial charge >= 0.3 is 0 Å². The SMILES string of the molecule is CC(C)(CNCC(O)CN)c1c[nH]c2ccccc12.